The van der Waals surface area contributed by atoms with E-state index in [9.17, 15) is 4.79 Å². The zero-order valence-electron chi connectivity index (χ0n) is 15.0. The van der Waals surface area contributed by atoms with Crippen molar-refractivity contribution in [2.75, 3.05) is 45.9 Å². The molecular weight excluding hydrogens is 318 g/mol. The molecule has 1 unspecified atom stereocenters. The topological polar surface area (TPSA) is 62.6 Å². The Morgan fingerprint density at radius 1 is 1.24 bits per heavy atom. The molecule has 1 atom stereocenters. The summed E-state index contributed by atoms with van der Waals surface area (Å²) in [5, 5.41) is 8.23. The Hall–Kier alpha value is -1.44. The van der Waals surface area contributed by atoms with Crippen LogP contribution in [0.25, 0.3) is 0 Å². The van der Waals surface area contributed by atoms with Crippen LogP contribution in [0.4, 0.5) is 0 Å². The summed E-state index contributed by atoms with van der Waals surface area (Å²) in [6.45, 7) is 8.59. The maximum Gasteiger partial charge on any atom is 0.227 e. The zero-order valence-corrected chi connectivity index (χ0v) is 15.0. The summed E-state index contributed by atoms with van der Waals surface area (Å²) in [5.41, 5.74) is 2.42. The lowest BCUT2D eigenvalue weighted by Gasteiger charge is -2.36. The van der Waals surface area contributed by atoms with Crippen molar-refractivity contribution in [3.8, 4) is 0 Å². The number of rotatable bonds is 3. The van der Waals surface area contributed by atoms with Gasteiger partial charge in [0, 0.05) is 39.3 Å². The largest absolute Gasteiger partial charge is 0.378 e. The second-order valence-corrected chi connectivity index (χ2v) is 7.39. The van der Waals surface area contributed by atoms with Crippen LogP contribution < -0.4 is 5.32 Å². The van der Waals surface area contributed by atoms with E-state index < -0.39 is 0 Å². The lowest BCUT2D eigenvalue weighted by Crippen LogP contribution is -2.48. The predicted molar refractivity (Wildman–Crippen MR) is 94.0 cm³/mol. The second-order valence-electron chi connectivity index (χ2n) is 7.39. The third kappa shape index (κ3) is 4.04. The first kappa shape index (κ1) is 17.0. The van der Waals surface area contributed by atoms with Gasteiger partial charge in [0.2, 0.25) is 5.91 Å². The Bertz CT molecular complexity index is 573. The van der Waals surface area contributed by atoms with E-state index in [0.717, 1.165) is 77.3 Å². The molecule has 7 nitrogen and oxygen atoms in total. The minimum Gasteiger partial charge on any atom is -0.378 e. The van der Waals surface area contributed by atoms with Crippen molar-refractivity contribution in [3.05, 3.63) is 17.5 Å². The van der Waals surface area contributed by atoms with Gasteiger partial charge in [-0.1, -0.05) is 0 Å². The van der Waals surface area contributed by atoms with E-state index in [-0.39, 0.29) is 5.92 Å². The Kier molecular flexibility index (Phi) is 5.33. The number of ether oxygens (including phenoxy) is 1. The summed E-state index contributed by atoms with van der Waals surface area (Å²) >= 11 is 0. The van der Waals surface area contributed by atoms with Gasteiger partial charge in [0.25, 0.3) is 0 Å². The predicted octanol–water partition coefficient (Wildman–Crippen LogP) is 0.447. The van der Waals surface area contributed by atoms with Crippen LogP contribution >= 0.6 is 0 Å². The van der Waals surface area contributed by atoms with E-state index in [1.54, 1.807) is 0 Å². The first-order chi connectivity index (χ1) is 12.3. The van der Waals surface area contributed by atoms with Gasteiger partial charge in [-0.25, -0.2) is 0 Å². The molecule has 0 saturated carbocycles. The lowest BCUT2D eigenvalue weighted by molar-refractivity contribution is -0.141. The molecular formula is C18H29N5O2. The molecule has 25 heavy (non-hydrogen) atoms. The summed E-state index contributed by atoms with van der Waals surface area (Å²) in [6, 6.07) is 2.23. The number of aromatic nitrogens is 2. The zero-order chi connectivity index (χ0) is 17.1. The number of carbonyl (C=O) groups is 1. The summed E-state index contributed by atoms with van der Waals surface area (Å²) < 4.78 is 7.51. The number of nitrogens with zero attached hydrogens (tertiary/aromatic N) is 4. The van der Waals surface area contributed by atoms with E-state index in [1.165, 1.54) is 5.69 Å². The van der Waals surface area contributed by atoms with Crippen LogP contribution in [0.3, 0.4) is 0 Å². The number of hydrogen-bond acceptors (Lipinski definition) is 5. The van der Waals surface area contributed by atoms with Crippen LogP contribution in [0.5, 0.6) is 0 Å². The molecule has 0 aliphatic carbocycles. The lowest BCUT2D eigenvalue weighted by atomic mass is 9.96. The number of fused-ring (bicyclic) bond motifs is 1. The van der Waals surface area contributed by atoms with Crippen molar-refractivity contribution >= 4 is 5.91 Å². The fourth-order valence-electron chi connectivity index (χ4n) is 4.17. The van der Waals surface area contributed by atoms with E-state index in [2.05, 4.69) is 21.0 Å². The Morgan fingerprint density at radius 3 is 3.00 bits per heavy atom. The van der Waals surface area contributed by atoms with E-state index in [1.807, 2.05) is 4.90 Å². The number of nitrogens with one attached hydrogen (secondary N) is 1. The van der Waals surface area contributed by atoms with Crippen molar-refractivity contribution in [2.45, 2.75) is 38.9 Å². The first-order valence-electron chi connectivity index (χ1n) is 9.65. The Balaban J connectivity index is 1.35. The van der Waals surface area contributed by atoms with Crippen molar-refractivity contribution < 1.29 is 9.53 Å². The Morgan fingerprint density at radius 2 is 2.12 bits per heavy atom. The monoisotopic (exact) mass is 347 g/mol. The molecule has 1 aromatic rings. The van der Waals surface area contributed by atoms with Gasteiger partial charge in [0.15, 0.2) is 0 Å². The maximum absolute atomic E-state index is 12.8. The van der Waals surface area contributed by atoms with Crippen LogP contribution in [-0.2, 0) is 29.2 Å². The fourth-order valence-corrected chi connectivity index (χ4v) is 4.17. The minimum atomic E-state index is 0.133. The molecule has 1 amide bonds. The number of piperidine rings is 1. The molecule has 3 aliphatic heterocycles. The van der Waals surface area contributed by atoms with Gasteiger partial charge in [0.1, 0.15) is 0 Å². The summed E-state index contributed by atoms with van der Waals surface area (Å²) in [7, 11) is 0. The van der Waals surface area contributed by atoms with Crippen molar-refractivity contribution in [3.63, 3.8) is 0 Å². The van der Waals surface area contributed by atoms with Crippen LogP contribution in [0.15, 0.2) is 6.07 Å². The number of amides is 1. The molecule has 2 fully saturated rings. The van der Waals surface area contributed by atoms with Crippen LogP contribution in [0, 0.1) is 5.92 Å². The van der Waals surface area contributed by atoms with Gasteiger partial charge in [-0.05, 0) is 38.4 Å². The number of aryl methyl sites for hydroxylation is 1. The third-order valence-corrected chi connectivity index (χ3v) is 5.51. The van der Waals surface area contributed by atoms with Gasteiger partial charge in [0.05, 0.1) is 30.5 Å². The molecule has 2 saturated heterocycles. The molecule has 0 spiro atoms. The van der Waals surface area contributed by atoms with Gasteiger partial charge >= 0.3 is 0 Å². The van der Waals surface area contributed by atoms with Crippen LogP contribution in [-0.4, -0.2) is 71.4 Å². The fraction of sp³-hybridized carbons (Fsp3) is 0.778. The molecule has 4 rings (SSSR count). The van der Waals surface area contributed by atoms with Crippen molar-refractivity contribution in [2.24, 2.45) is 5.92 Å². The highest BCUT2D eigenvalue weighted by Crippen LogP contribution is 2.21. The summed E-state index contributed by atoms with van der Waals surface area (Å²) in [4.78, 5) is 17.2. The highest BCUT2D eigenvalue weighted by molar-refractivity contribution is 5.79. The quantitative estimate of drug-likeness (QED) is 0.860. The highest BCUT2D eigenvalue weighted by atomic mass is 16.5. The molecule has 1 aromatic heterocycles. The molecule has 7 heteroatoms. The first-order valence-corrected chi connectivity index (χ1v) is 9.65. The SMILES string of the molecule is O=C(C1CCCN(Cc2cc3n(n2)CCCNC3)C1)N1CCOCC1. The normalized spacial score (nSPS) is 25.4. The molecule has 0 aromatic carbocycles. The minimum absolute atomic E-state index is 0.133. The van der Waals surface area contributed by atoms with Gasteiger partial charge in [-0.3, -0.25) is 14.4 Å². The average molecular weight is 347 g/mol. The molecule has 0 bridgehead atoms. The van der Waals surface area contributed by atoms with E-state index in [0.29, 0.717) is 19.1 Å². The molecule has 4 heterocycles. The number of carbonyl (C=O) groups excluding carboxylic acids is 1. The smallest absolute Gasteiger partial charge is 0.227 e. The third-order valence-electron chi connectivity index (χ3n) is 5.51. The number of likely N-dealkylation sites (tertiary alicyclic amines) is 1. The molecule has 3 aliphatic rings. The molecule has 1 N–H and O–H groups in total. The maximum atomic E-state index is 12.8. The molecule has 0 radical (unpaired) electrons. The van der Waals surface area contributed by atoms with Crippen LogP contribution in [0.1, 0.15) is 30.7 Å². The number of morpholine rings is 1. The standard InChI is InChI=1S/C18H29N5O2/c24-18(22-7-9-25-10-8-22)15-3-1-5-21(13-15)14-16-11-17-12-19-4-2-6-23(17)20-16/h11,15,19H,1-10,12-14H2. The van der Waals surface area contributed by atoms with Gasteiger partial charge in [-0.15, -0.1) is 0 Å². The summed E-state index contributed by atoms with van der Waals surface area (Å²) in [5.74, 6) is 0.451. The Labute approximate surface area is 149 Å². The summed E-state index contributed by atoms with van der Waals surface area (Å²) in [6.07, 6.45) is 3.24. The van der Waals surface area contributed by atoms with Gasteiger partial charge < -0.3 is 15.0 Å². The van der Waals surface area contributed by atoms with Crippen LogP contribution in [0.2, 0.25) is 0 Å². The van der Waals surface area contributed by atoms with E-state index >= 15 is 0 Å². The van der Waals surface area contributed by atoms with E-state index in [4.69, 9.17) is 9.84 Å². The molecule has 138 valence electrons. The van der Waals surface area contributed by atoms with Gasteiger partial charge in [-0.2, -0.15) is 5.10 Å². The highest BCUT2D eigenvalue weighted by Gasteiger charge is 2.30. The number of hydrogen-bond donors (Lipinski definition) is 1. The van der Waals surface area contributed by atoms with Crippen molar-refractivity contribution in [1.29, 1.82) is 0 Å². The average Bonchev–Trinajstić information content (AvgIpc) is 2.90. The second kappa shape index (κ2) is 7.85. The van der Waals surface area contributed by atoms with Crippen molar-refractivity contribution in [1.82, 2.24) is 24.9 Å².